The van der Waals surface area contributed by atoms with Gasteiger partial charge in [0.2, 0.25) is 0 Å². The lowest BCUT2D eigenvalue weighted by molar-refractivity contribution is 0.0697. The van der Waals surface area contributed by atoms with Crippen molar-refractivity contribution in [2.24, 2.45) is 0 Å². The first-order valence-corrected chi connectivity index (χ1v) is 6.14. The first kappa shape index (κ1) is 14.4. The molecule has 0 bridgehead atoms. The molecule has 2 rings (SSSR count). The maximum absolute atomic E-state index is 11.9. The molecular formula is C14H15N3O4. The van der Waals surface area contributed by atoms with Crippen LogP contribution in [0.3, 0.4) is 0 Å². The second-order valence-electron chi connectivity index (χ2n) is 4.32. The number of hydrogen-bond acceptors (Lipinski definition) is 3. The molecule has 2 aromatic rings. The van der Waals surface area contributed by atoms with E-state index in [4.69, 9.17) is 9.84 Å². The normalized spacial score (nSPS) is 10.0. The number of aromatic nitrogens is 1. The zero-order chi connectivity index (χ0) is 15.4. The van der Waals surface area contributed by atoms with E-state index in [2.05, 4.69) is 15.6 Å². The van der Waals surface area contributed by atoms with Gasteiger partial charge in [0.1, 0.15) is 11.3 Å². The van der Waals surface area contributed by atoms with Crippen molar-refractivity contribution in [3.8, 4) is 5.75 Å². The highest BCUT2D eigenvalue weighted by molar-refractivity contribution is 6.05. The van der Waals surface area contributed by atoms with Crippen LogP contribution in [0.15, 0.2) is 30.5 Å². The Balaban J connectivity index is 2.10. The third-order valence-corrected chi connectivity index (χ3v) is 2.87. The fourth-order valence-electron chi connectivity index (χ4n) is 1.89. The van der Waals surface area contributed by atoms with E-state index in [1.165, 1.54) is 13.3 Å². The molecule has 1 aromatic carbocycles. The van der Waals surface area contributed by atoms with Gasteiger partial charge in [-0.15, -0.1) is 0 Å². The molecule has 0 saturated heterocycles. The molecule has 1 heterocycles. The van der Waals surface area contributed by atoms with Crippen LogP contribution in [-0.4, -0.2) is 29.2 Å². The number of aromatic carboxylic acids is 1. The van der Waals surface area contributed by atoms with E-state index in [1.807, 2.05) is 0 Å². The molecule has 0 radical (unpaired) electrons. The van der Waals surface area contributed by atoms with Gasteiger partial charge in [-0.3, -0.25) is 0 Å². The number of aryl methyl sites for hydroxylation is 1. The van der Waals surface area contributed by atoms with E-state index in [1.54, 1.807) is 31.2 Å². The highest BCUT2D eigenvalue weighted by atomic mass is 16.5. The third kappa shape index (κ3) is 3.33. The number of aromatic amines is 1. The minimum Gasteiger partial charge on any atom is -0.497 e. The molecule has 21 heavy (non-hydrogen) atoms. The Bertz CT molecular complexity index is 679. The summed E-state index contributed by atoms with van der Waals surface area (Å²) in [6.45, 7) is 1.62. The molecular weight excluding hydrogens is 274 g/mol. The topological polar surface area (TPSA) is 103 Å². The minimum absolute atomic E-state index is 0.0378. The fraction of sp³-hybridized carbons (Fsp3) is 0.143. The predicted octanol–water partition coefficient (Wildman–Crippen LogP) is 2.67. The van der Waals surface area contributed by atoms with E-state index in [-0.39, 0.29) is 11.3 Å². The number of carbonyl (C=O) groups excluding carboxylic acids is 1. The molecule has 2 amide bonds. The van der Waals surface area contributed by atoms with E-state index in [0.29, 0.717) is 17.1 Å². The summed E-state index contributed by atoms with van der Waals surface area (Å²) in [6, 6.07) is 6.30. The standard InChI is InChI=1S/C14H15N3O4/c1-8-12(13(18)19)11(7-15-8)17-14(20)16-9-4-3-5-10(6-9)21-2/h3-7,15H,1-2H3,(H,18,19)(H2,16,17,20). The van der Waals surface area contributed by atoms with Crippen LogP contribution in [0.4, 0.5) is 16.2 Å². The lowest BCUT2D eigenvalue weighted by atomic mass is 10.2. The Morgan fingerprint density at radius 2 is 2.05 bits per heavy atom. The van der Waals surface area contributed by atoms with Gasteiger partial charge in [0, 0.05) is 23.6 Å². The number of carboxylic acid groups (broad SMARTS) is 1. The molecule has 0 aliphatic rings. The van der Waals surface area contributed by atoms with Crippen molar-refractivity contribution in [3.63, 3.8) is 0 Å². The molecule has 0 fully saturated rings. The second kappa shape index (κ2) is 6.00. The van der Waals surface area contributed by atoms with Gasteiger partial charge in [0.05, 0.1) is 12.8 Å². The van der Waals surface area contributed by atoms with Crippen LogP contribution in [0, 0.1) is 6.92 Å². The smallest absolute Gasteiger partial charge is 0.339 e. The third-order valence-electron chi connectivity index (χ3n) is 2.87. The second-order valence-corrected chi connectivity index (χ2v) is 4.32. The van der Waals surface area contributed by atoms with E-state index in [0.717, 1.165) is 0 Å². The van der Waals surface area contributed by atoms with Crippen molar-refractivity contribution in [1.29, 1.82) is 0 Å². The number of anilines is 2. The molecule has 4 N–H and O–H groups in total. The molecule has 0 aliphatic carbocycles. The largest absolute Gasteiger partial charge is 0.497 e. The Labute approximate surface area is 120 Å². The molecule has 0 saturated carbocycles. The van der Waals surface area contributed by atoms with E-state index >= 15 is 0 Å². The number of urea groups is 1. The van der Waals surface area contributed by atoms with Gasteiger partial charge in [-0.1, -0.05) is 6.07 Å². The average Bonchev–Trinajstić information content (AvgIpc) is 2.79. The molecule has 0 unspecified atom stereocenters. The van der Waals surface area contributed by atoms with Crippen LogP contribution in [0.1, 0.15) is 16.1 Å². The summed E-state index contributed by atoms with van der Waals surface area (Å²) in [5.41, 5.74) is 1.26. The van der Waals surface area contributed by atoms with E-state index < -0.39 is 12.0 Å². The van der Waals surface area contributed by atoms with Gasteiger partial charge in [-0.05, 0) is 19.1 Å². The summed E-state index contributed by atoms with van der Waals surface area (Å²) in [7, 11) is 1.53. The molecule has 7 nitrogen and oxygen atoms in total. The maximum Gasteiger partial charge on any atom is 0.339 e. The number of hydrogen-bond donors (Lipinski definition) is 4. The first-order chi connectivity index (χ1) is 10.0. The van der Waals surface area contributed by atoms with Crippen molar-refractivity contribution in [3.05, 3.63) is 41.7 Å². The van der Waals surface area contributed by atoms with Crippen molar-refractivity contribution < 1.29 is 19.4 Å². The summed E-state index contributed by atoms with van der Waals surface area (Å²) in [4.78, 5) is 25.8. The van der Waals surface area contributed by atoms with Gasteiger partial charge in [-0.2, -0.15) is 0 Å². The van der Waals surface area contributed by atoms with Crippen LogP contribution in [0.5, 0.6) is 5.75 Å². The summed E-state index contributed by atoms with van der Waals surface area (Å²) in [6.07, 6.45) is 1.43. The summed E-state index contributed by atoms with van der Waals surface area (Å²) < 4.78 is 5.05. The lowest BCUT2D eigenvalue weighted by Gasteiger charge is -2.08. The number of rotatable bonds is 4. The Hall–Kier alpha value is -2.96. The van der Waals surface area contributed by atoms with Crippen LogP contribution in [-0.2, 0) is 0 Å². The fourth-order valence-corrected chi connectivity index (χ4v) is 1.89. The molecule has 7 heteroatoms. The first-order valence-electron chi connectivity index (χ1n) is 6.14. The van der Waals surface area contributed by atoms with Crippen LogP contribution >= 0.6 is 0 Å². The molecule has 110 valence electrons. The van der Waals surface area contributed by atoms with Gasteiger partial charge < -0.3 is 25.5 Å². The monoisotopic (exact) mass is 289 g/mol. The van der Waals surface area contributed by atoms with Gasteiger partial charge in [0.15, 0.2) is 0 Å². The van der Waals surface area contributed by atoms with Crippen LogP contribution < -0.4 is 15.4 Å². The molecule has 0 spiro atoms. The quantitative estimate of drug-likeness (QED) is 0.694. The van der Waals surface area contributed by atoms with Crippen LogP contribution in [0.2, 0.25) is 0 Å². The lowest BCUT2D eigenvalue weighted by Crippen LogP contribution is -2.20. The highest BCUT2D eigenvalue weighted by Gasteiger charge is 2.17. The Morgan fingerprint density at radius 1 is 1.29 bits per heavy atom. The van der Waals surface area contributed by atoms with Crippen molar-refractivity contribution in [2.75, 3.05) is 17.7 Å². The number of methoxy groups -OCH3 is 1. The van der Waals surface area contributed by atoms with Crippen molar-refractivity contribution in [1.82, 2.24) is 4.98 Å². The number of nitrogens with one attached hydrogen (secondary N) is 3. The summed E-state index contributed by atoms with van der Waals surface area (Å²) in [5.74, 6) is -0.498. The van der Waals surface area contributed by atoms with Gasteiger partial charge in [0.25, 0.3) is 0 Å². The average molecular weight is 289 g/mol. The minimum atomic E-state index is -1.11. The molecule has 0 aliphatic heterocycles. The Morgan fingerprint density at radius 3 is 2.71 bits per heavy atom. The molecule has 0 atom stereocenters. The highest BCUT2D eigenvalue weighted by Crippen LogP contribution is 2.20. The van der Waals surface area contributed by atoms with Gasteiger partial charge in [-0.25, -0.2) is 9.59 Å². The maximum atomic E-state index is 11.9. The van der Waals surface area contributed by atoms with Gasteiger partial charge >= 0.3 is 12.0 Å². The van der Waals surface area contributed by atoms with E-state index in [9.17, 15) is 9.59 Å². The van der Waals surface area contributed by atoms with Crippen molar-refractivity contribution >= 4 is 23.4 Å². The van der Waals surface area contributed by atoms with Crippen LogP contribution in [0.25, 0.3) is 0 Å². The van der Waals surface area contributed by atoms with Crippen molar-refractivity contribution in [2.45, 2.75) is 6.92 Å². The number of carboxylic acids is 1. The predicted molar refractivity (Wildman–Crippen MR) is 78.1 cm³/mol. The zero-order valence-electron chi connectivity index (χ0n) is 11.6. The summed E-state index contributed by atoms with van der Waals surface area (Å²) in [5, 5.41) is 14.2. The number of amides is 2. The number of H-pyrrole nitrogens is 1. The number of ether oxygens (including phenoxy) is 1. The number of benzene rings is 1. The Kier molecular flexibility index (Phi) is 4.13. The molecule has 1 aromatic heterocycles. The zero-order valence-corrected chi connectivity index (χ0v) is 11.6. The summed E-state index contributed by atoms with van der Waals surface area (Å²) >= 11 is 0. The SMILES string of the molecule is COc1cccc(NC(=O)Nc2c[nH]c(C)c2C(=O)O)c1. The number of carbonyl (C=O) groups is 2.